The lowest BCUT2D eigenvalue weighted by Gasteiger charge is -2.11. The van der Waals surface area contributed by atoms with Crippen LogP contribution in [0, 0.1) is 6.92 Å². The Bertz CT molecular complexity index is 1240. The first-order valence-corrected chi connectivity index (χ1v) is 10.7. The van der Waals surface area contributed by atoms with Crippen molar-refractivity contribution in [2.45, 2.75) is 11.8 Å². The summed E-state index contributed by atoms with van der Waals surface area (Å²) in [5.41, 5.74) is 0. The molecule has 0 spiro atoms. The molecule has 0 saturated carbocycles. The molecular formula is C21H21N5O2S. The average Bonchev–Trinajstić information content (AvgIpc) is 3.25. The van der Waals surface area contributed by atoms with Crippen LogP contribution >= 0.6 is 0 Å². The van der Waals surface area contributed by atoms with Crippen LogP contribution in [0.1, 0.15) is 5.82 Å². The average molecular weight is 407 g/mol. The summed E-state index contributed by atoms with van der Waals surface area (Å²) in [6, 6.07) is 18.5. The molecule has 4 rings (SSSR count). The first-order chi connectivity index (χ1) is 14.0. The highest BCUT2D eigenvalue weighted by Gasteiger charge is 2.13. The summed E-state index contributed by atoms with van der Waals surface area (Å²) in [5, 5.41) is 5.05. The van der Waals surface area contributed by atoms with E-state index in [1.807, 2.05) is 72.4 Å². The molecule has 0 fully saturated rings. The molecule has 2 aromatic carbocycles. The van der Waals surface area contributed by atoms with E-state index in [-0.39, 0.29) is 11.4 Å². The monoisotopic (exact) mass is 407 g/mol. The number of nitrogens with zero attached hydrogens (tertiary/aromatic N) is 3. The van der Waals surface area contributed by atoms with E-state index in [2.05, 4.69) is 20.0 Å². The molecule has 0 aliphatic carbocycles. The van der Waals surface area contributed by atoms with Gasteiger partial charge in [-0.25, -0.2) is 23.1 Å². The van der Waals surface area contributed by atoms with E-state index in [9.17, 15) is 8.42 Å². The fourth-order valence-electron chi connectivity index (χ4n) is 3.06. The van der Waals surface area contributed by atoms with E-state index in [1.54, 1.807) is 12.1 Å². The highest BCUT2D eigenvalue weighted by Crippen LogP contribution is 2.18. The summed E-state index contributed by atoms with van der Waals surface area (Å²) < 4.78 is 29.7. The van der Waals surface area contributed by atoms with Gasteiger partial charge in [0.15, 0.2) is 0 Å². The van der Waals surface area contributed by atoms with Crippen molar-refractivity contribution >= 4 is 26.6 Å². The summed E-state index contributed by atoms with van der Waals surface area (Å²) in [5.74, 6) is 2.03. The molecule has 0 saturated heterocycles. The smallest absolute Gasteiger partial charge is 0.240 e. The molecule has 0 aliphatic heterocycles. The van der Waals surface area contributed by atoms with Crippen LogP contribution in [-0.2, 0) is 10.0 Å². The number of aromatic nitrogens is 3. The minimum Gasteiger partial charge on any atom is -0.369 e. The zero-order valence-electron chi connectivity index (χ0n) is 15.9. The number of hydrogen-bond donors (Lipinski definition) is 2. The number of nitrogens with one attached hydrogen (secondary N) is 2. The number of benzene rings is 2. The third kappa shape index (κ3) is 4.44. The lowest BCUT2D eigenvalue weighted by Crippen LogP contribution is -2.29. The maximum Gasteiger partial charge on any atom is 0.240 e. The predicted octanol–water partition coefficient (Wildman–Crippen LogP) is 3.12. The van der Waals surface area contributed by atoms with Gasteiger partial charge in [0, 0.05) is 31.5 Å². The van der Waals surface area contributed by atoms with Crippen LogP contribution in [0.25, 0.3) is 16.6 Å². The number of sulfonamides is 1. The van der Waals surface area contributed by atoms with Crippen LogP contribution in [0.4, 0.5) is 5.82 Å². The molecule has 4 aromatic rings. The van der Waals surface area contributed by atoms with Gasteiger partial charge in [-0.05, 0) is 42.0 Å². The van der Waals surface area contributed by atoms with E-state index in [0.717, 1.165) is 16.6 Å². The van der Waals surface area contributed by atoms with Crippen molar-refractivity contribution in [3.63, 3.8) is 0 Å². The fraction of sp³-hybridized carbons (Fsp3) is 0.143. The highest BCUT2D eigenvalue weighted by molar-refractivity contribution is 7.89. The first kappa shape index (κ1) is 19.1. The van der Waals surface area contributed by atoms with Gasteiger partial charge in [-0.1, -0.05) is 30.3 Å². The molecule has 7 nitrogen and oxygen atoms in total. The van der Waals surface area contributed by atoms with Gasteiger partial charge in [0.1, 0.15) is 17.5 Å². The van der Waals surface area contributed by atoms with E-state index < -0.39 is 10.0 Å². The Morgan fingerprint density at radius 3 is 2.45 bits per heavy atom. The van der Waals surface area contributed by atoms with E-state index in [4.69, 9.17) is 0 Å². The van der Waals surface area contributed by atoms with Crippen molar-refractivity contribution in [3.8, 4) is 5.82 Å². The maximum atomic E-state index is 12.6. The van der Waals surface area contributed by atoms with Gasteiger partial charge in [0.05, 0.1) is 4.90 Å². The Kier molecular flexibility index (Phi) is 5.28. The van der Waals surface area contributed by atoms with Crippen LogP contribution < -0.4 is 10.0 Å². The molecule has 0 unspecified atom stereocenters. The number of hydrogen-bond acceptors (Lipinski definition) is 5. The molecule has 2 heterocycles. The summed E-state index contributed by atoms with van der Waals surface area (Å²) in [6.07, 6.45) is 3.81. The van der Waals surface area contributed by atoms with Crippen molar-refractivity contribution < 1.29 is 8.42 Å². The van der Waals surface area contributed by atoms with E-state index >= 15 is 0 Å². The quantitative estimate of drug-likeness (QED) is 0.460. The first-order valence-electron chi connectivity index (χ1n) is 9.23. The minimum atomic E-state index is -3.58. The Morgan fingerprint density at radius 2 is 1.66 bits per heavy atom. The van der Waals surface area contributed by atoms with Crippen molar-refractivity contribution in [1.82, 2.24) is 19.3 Å². The Labute approximate surface area is 169 Å². The second-order valence-electron chi connectivity index (χ2n) is 6.58. The second kappa shape index (κ2) is 8.02. The van der Waals surface area contributed by atoms with Gasteiger partial charge < -0.3 is 9.88 Å². The van der Waals surface area contributed by atoms with Gasteiger partial charge in [0.25, 0.3) is 0 Å². The molecule has 29 heavy (non-hydrogen) atoms. The third-order valence-corrected chi connectivity index (χ3v) is 5.91. The minimum absolute atomic E-state index is 0.233. The molecular weight excluding hydrogens is 386 g/mol. The van der Waals surface area contributed by atoms with Gasteiger partial charge in [0.2, 0.25) is 10.0 Å². The standard InChI is InChI=1S/C21H21N5O2S/c1-16-24-20(15-21(25-16)26-12-4-5-13-26)22-10-11-23-29(27,28)19-9-8-17-6-2-3-7-18(17)14-19/h2-9,12-15,23H,10-11H2,1H3,(H,22,24,25). The molecule has 0 radical (unpaired) electrons. The van der Waals surface area contributed by atoms with Crippen molar-refractivity contribution in [2.24, 2.45) is 0 Å². The zero-order chi connectivity index (χ0) is 20.3. The van der Waals surface area contributed by atoms with Crippen LogP contribution in [-0.4, -0.2) is 36.0 Å². The molecule has 148 valence electrons. The van der Waals surface area contributed by atoms with Crippen LogP contribution in [0.3, 0.4) is 0 Å². The normalized spacial score (nSPS) is 11.6. The third-order valence-electron chi connectivity index (χ3n) is 4.45. The Morgan fingerprint density at radius 1 is 0.897 bits per heavy atom. The summed E-state index contributed by atoms with van der Waals surface area (Å²) in [6.45, 7) is 2.45. The van der Waals surface area contributed by atoms with Gasteiger partial charge >= 0.3 is 0 Å². The lowest BCUT2D eigenvalue weighted by atomic mass is 10.1. The summed E-state index contributed by atoms with van der Waals surface area (Å²) >= 11 is 0. The number of aryl methyl sites for hydroxylation is 1. The highest BCUT2D eigenvalue weighted by atomic mass is 32.2. The molecule has 0 bridgehead atoms. The topological polar surface area (TPSA) is 88.9 Å². The van der Waals surface area contributed by atoms with E-state index in [1.165, 1.54) is 0 Å². The Hall–Kier alpha value is -3.23. The molecule has 2 N–H and O–H groups in total. The van der Waals surface area contributed by atoms with Gasteiger partial charge in [-0.3, -0.25) is 0 Å². The molecule has 0 atom stereocenters. The largest absolute Gasteiger partial charge is 0.369 e. The molecule has 0 amide bonds. The second-order valence-corrected chi connectivity index (χ2v) is 8.35. The summed E-state index contributed by atoms with van der Waals surface area (Å²) in [4.78, 5) is 9.02. The number of anilines is 1. The van der Waals surface area contributed by atoms with Crippen molar-refractivity contribution in [1.29, 1.82) is 0 Å². The van der Waals surface area contributed by atoms with Gasteiger partial charge in [-0.2, -0.15) is 0 Å². The number of fused-ring (bicyclic) bond motifs is 1. The zero-order valence-corrected chi connectivity index (χ0v) is 16.7. The van der Waals surface area contributed by atoms with Crippen LogP contribution in [0.5, 0.6) is 0 Å². The van der Waals surface area contributed by atoms with E-state index in [0.29, 0.717) is 18.2 Å². The summed E-state index contributed by atoms with van der Waals surface area (Å²) in [7, 11) is -3.58. The molecule has 0 aliphatic rings. The number of rotatable bonds is 7. The van der Waals surface area contributed by atoms with Crippen molar-refractivity contribution in [2.75, 3.05) is 18.4 Å². The predicted molar refractivity (Wildman–Crippen MR) is 114 cm³/mol. The SMILES string of the molecule is Cc1nc(NCCNS(=O)(=O)c2ccc3ccccc3c2)cc(-n2cccc2)n1. The lowest BCUT2D eigenvalue weighted by molar-refractivity contribution is 0.583. The molecule has 2 aromatic heterocycles. The van der Waals surface area contributed by atoms with Crippen molar-refractivity contribution in [3.05, 3.63) is 78.9 Å². The Balaban J connectivity index is 1.39. The fourth-order valence-corrected chi connectivity index (χ4v) is 4.12. The molecule has 8 heteroatoms. The van der Waals surface area contributed by atoms with Gasteiger partial charge in [-0.15, -0.1) is 0 Å². The van der Waals surface area contributed by atoms with Crippen LogP contribution in [0.15, 0.2) is 78.0 Å². The van der Waals surface area contributed by atoms with Crippen LogP contribution in [0.2, 0.25) is 0 Å². The maximum absolute atomic E-state index is 12.6.